The molecule has 2 heterocycles. The van der Waals surface area contributed by atoms with Gasteiger partial charge < -0.3 is 20.3 Å². The number of nitrogen functional groups attached to an aromatic ring is 1. The third-order valence-electron chi connectivity index (χ3n) is 5.26. The molecule has 0 saturated carbocycles. The highest BCUT2D eigenvalue weighted by molar-refractivity contribution is 7.99. The van der Waals surface area contributed by atoms with Crippen LogP contribution in [0.2, 0.25) is 0 Å². The van der Waals surface area contributed by atoms with Crippen LogP contribution in [0.3, 0.4) is 0 Å². The fourth-order valence-corrected chi connectivity index (χ4v) is 4.53. The summed E-state index contributed by atoms with van der Waals surface area (Å²) in [6, 6.07) is 15.4. The van der Waals surface area contributed by atoms with E-state index in [2.05, 4.69) is 22.4 Å². The van der Waals surface area contributed by atoms with Crippen LogP contribution in [0, 0.1) is 5.92 Å². The molecule has 1 aromatic heterocycles. The van der Waals surface area contributed by atoms with E-state index >= 15 is 0 Å². The van der Waals surface area contributed by atoms with Crippen LogP contribution in [0.5, 0.6) is 0 Å². The Labute approximate surface area is 179 Å². The predicted molar refractivity (Wildman–Crippen MR) is 113 cm³/mol. The van der Waals surface area contributed by atoms with E-state index in [0.717, 1.165) is 21.8 Å². The van der Waals surface area contributed by atoms with E-state index < -0.39 is 6.29 Å². The van der Waals surface area contributed by atoms with Crippen LogP contribution in [0.4, 0.5) is 5.69 Å². The third-order valence-corrected chi connectivity index (χ3v) is 6.36. The van der Waals surface area contributed by atoms with Gasteiger partial charge in [0.2, 0.25) is 5.16 Å². The van der Waals surface area contributed by atoms with Gasteiger partial charge in [0.1, 0.15) is 0 Å². The number of aliphatic hydroxyl groups excluding tert-OH is 1. The van der Waals surface area contributed by atoms with E-state index in [1.54, 1.807) is 16.4 Å². The van der Waals surface area contributed by atoms with Crippen molar-refractivity contribution in [3.63, 3.8) is 0 Å². The molecule has 0 spiro atoms. The number of aromatic nitrogens is 4. The molecule has 1 aliphatic heterocycles. The topological polar surface area (TPSA) is 108 Å². The number of nitrogens with two attached hydrogens (primary N) is 1. The largest absolute Gasteiger partial charge is 0.399 e. The maximum atomic E-state index is 9.35. The molecular formula is C21H25N5O3S. The number of anilines is 1. The highest BCUT2D eigenvalue weighted by Gasteiger charge is 2.38. The molecule has 0 radical (unpaired) electrons. The Morgan fingerprint density at radius 2 is 1.93 bits per heavy atom. The average molecular weight is 428 g/mol. The number of tetrazole rings is 1. The Hall–Kier alpha value is -2.46. The summed E-state index contributed by atoms with van der Waals surface area (Å²) in [4.78, 5) is 0. The van der Waals surface area contributed by atoms with Crippen LogP contribution in [-0.4, -0.2) is 37.2 Å². The molecule has 3 aromatic rings. The lowest BCUT2D eigenvalue weighted by Crippen LogP contribution is -2.38. The first-order chi connectivity index (χ1) is 14.5. The van der Waals surface area contributed by atoms with Crippen LogP contribution in [0.25, 0.3) is 0 Å². The zero-order valence-corrected chi connectivity index (χ0v) is 17.7. The Morgan fingerprint density at radius 1 is 1.13 bits per heavy atom. The number of aryl methyl sites for hydroxylation is 1. The SMILES string of the molecule is C[C@@H]1[C@H](CSc2nnnn2C)O[C@H](c2cccc(N)c2)O[C@@H]1c1ccc(CO)cc1. The van der Waals surface area contributed by atoms with Gasteiger partial charge in [0.05, 0.1) is 18.8 Å². The fraction of sp³-hybridized carbons (Fsp3) is 0.381. The van der Waals surface area contributed by atoms with Crippen LogP contribution >= 0.6 is 11.8 Å². The summed E-state index contributed by atoms with van der Waals surface area (Å²) in [5, 5.41) is 21.7. The smallest absolute Gasteiger partial charge is 0.209 e. The van der Waals surface area contributed by atoms with Crippen LogP contribution in [-0.2, 0) is 23.1 Å². The number of hydrogen-bond donors (Lipinski definition) is 2. The minimum Gasteiger partial charge on any atom is -0.399 e. The van der Waals surface area contributed by atoms with Gasteiger partial charge in [-0.15, -0.1) is 5.10 Å². The summed E-state index contributed by atoms with van der Waals surface area (Å²) >= 11 is 1.56. The molecule has 0 aliphatic carbocycles. The summed E-state index contributed by atoms with van der Waals surface area (Å²) in [7, 11) is 1.82. The van der Waals surface area contributed by atoms with Crippen molar-refractivity contribution in [2.75, 3.05) is 11.5 Å². The summed E-state index contributed by atoms with van der Waals surface area (Å²) < 4.78 is 14.4. The predicted octanol–water partition coefficient (Wildman–Crippen LogP) is 2.87. The first kappa shape index (κ1) is 20.8. The zero-order valence-electron chi connectivity index (χ0n) is 16.9. The molecule has 1 fully saturated rings. The Bertz CT molecular complexity index is 981. The van der Waals surface area contributed by atoms with Gasteiger partial charge in [0.25, 0.3) is 0 Å². The monoisotopic (exact) mass is 427 g/mol. The maximum Gasteiger partial charge on any atom is 0.209 e. The molecule has 2 aromatic carbocycles. The van der Waals surface area contributed by atoms with E-state index in [-0.39, 0.29) is 24.7 Å². The molecule has 0 unspecified atom stereocenters. The summed E-state index contributed by atoms with van der Waals surface area (Å²) in [6.07, 6.45) is -0.786. The van der Waals surface area contributed by atoms with Gasteiger partial charge in [-0.2, -0.15) is 0 Å². The van der Waals surface area contributed by atoms with Crippen molar-refractivity contribution in [2.45, 2.75) is 37.2 Å². The lowest BCUT2D eigenvalue weighted by Gasteiger charge is -2.41. The molecule has 4 atom stereocenters. The quantitative estimate of drug-likeness (QED) is 0.457. The Morgan fingerprint density at radius 3 is 2.60 bits per heavy atom. The molecule has 30 heavy (non-hydrogen) atoms. The van der Waals surface area contributed by atoms with Crippen molar-refractivity contribution < 1.29 is 14.6 Å². The third kappa shape index (κ3) is 4.49. The minimum atomic E-state index is -0.532. The van der Waals surface area contributed by atoms with Crippen molar-refractivity contribution in [1.82, 2.24) is 20.2 Å². The van der Waals surface area contributed by atoms with Crippen LogP contribution < -0.4 is 5.73 Å². The van der Waals surface area contributed by atoms with E-state index in [1.807, 2.05) is 55.6 Å². The zero-order chi connectivity index (χ0) is 21.1. The first-order valence-electron chi connectivity index (χ1n) is 9.76. The van der Waals surface area contributed by atoms with Crippen molar-refractivity contribution in [1.29, 1.82) is 0 Å². The molecule has 4 rings (SSSR count). The molecule has 9 heteroatoms. The van der Waals surface area contributed by atoms with Crippen molar-refractivity contribution in [3.05, 3.63) is 65.2 Å². The molecule has 1 saturated heterocycles. The number of rotatable bonds is 6. The van der Waals surface area contributed by atoms with E-state index in [1.165, 1.54) is 0 Å². The molecular weight excluding hydrogens is 402 g/mol. The second-order valence-corrected chi connectivity index (χ2v) is 8.38. The number of hydrogen-bond acceptors (Lipinski definition) is 8. The van der Waals surface area contributed by atoms with E-state index in [9.17, 15) is 5.11 Å². The van der Waals surface area contributed by atoms with Gasteiger partial charge >= 0.3 is 0 Å². The molecule has 3 N–H and O–H groups in total. The van der Waals surface area contributed by atoms with E-state index in [0.29, 0.717) is 11.4 Å². The Balaban J connectivity index is 1.60. The molecule has 8 nitrogen and oxygen atoms in total. The highest BCUT2D eigenvalue weighted by atomic mass is 32.2. The second-order valence-electron chi connectivity index (χ2n) is 7.39. The fourth-order valence-electron chi connectivity index (χ4n) is 3.52. The average Bonchev–Trinajstić information content (AvgIpc) is 3.18. The molecule has 0 bridgehead atoms. The van der Waals surface area contributed by atoms with Gasteiger partial charge in [0.15, 0.2) is 6.29 Å². The van der Waals surface area contributed by atoms with Gasteiger partial charge in [-0.05, 0) is 33.7 Å². The Kier molecular flexibility index (Phi) is 6.33. The number of benzene rings is 2. The van der Waals surface area contributed by atoms with Crippen molar-refractivity contribution in [2.24, 2.45) is 13.0 Å². The van der Waals surface area contributed by atoms with Crippen molar-refractivity contribution in [3.8, 4) is 0 Å². The van der Waals surface area contributed by atoms with E-state index in [4.69, 9.17) is 15.2 Å². The standard InChI is InChI=1S/C21H25N5O3S/c1-13-18(12-30-21-23-24-25-26(21)2)28-20(16-4-3-5-17(22)10-16)29-19(13)15-8-6-14(11-27)7-9-15/h3-10,13,18-20,27H,11-12,22H2,1-2H3/t13-,18+,19+,20+/m1/s1. The number of thioether (sulfide) groups is 1. The summed E-state index contributed by atoms with van der Waals surface area (Å²) in [5.74, 6) is 0.777. The number of nitrogens with zero attached hydrogens (tertiary/aromatic N) is 4. The van der Waals surface area contributed by atoms with Crippen LogP contribution in [0.15, 0.2) is 53.7 Å². The summed E-state index contributed by atoms with van der Waals surface area (Å²) in [6.45, 7) is 2.14. The molecule has 0 amide bonds. The number of aliphatic hydroxyl groups is 1. The highest BCUT2D eigenvalue weighted by Crippen LogP contribution is 2.43. The lowest BCUT2D eigenvalue weighted by molar-refractivity contribution is -0.268. The van der Waals surface area contributed by atoms with Crippen LogP contribution in [0.1, 0.15) is 36.0 Å². The lowest BCUT2D eigenvalue weighted by atomic mass is 9.91. The summed E-state index contributed by atoms with van der Waals surface area (Å²) in [5.41, 5.74) is 9.45. The normalized spacial score (nSPS) is 24.1. The second kappa shape index (κ2) is 9.13. The van der Waals surface area contributed by atoms with Gasteiger partial charge in [-0.3, -0.25) is 0 Å². The molecule has 158 valence electrons. The minimum absolute atomic E-state index is 0.0153. The molecule has 1 aliphatic rings. The first-order valence-corrected chi connectivity index (χ1v) is 10.7. The van der Waals surface area contributed by atoms with Gasteiger partial charge in [-0.25, -0.2) is 4.68 Å². The van der Waals surface area contributed by atoms with Gasteiger partial charge in [0, 0.05) is 30.0 Å². The maximum absolute atomic E-state index is 9.35. The van der Waals surface area contributed by atoms with Gasteiger partial charge in [-0.1, -0.05) is 55.1 Å². The number of ether oxygens (including phenoxy) is 2. The van der Waals surface area contributed by atoms with Crippen molar-refractivity contribution >= 4 is 17.4 Å².